The van der Waals surface area contributed by atoms with Crippen LogP contribution in [0.15, 0.2) is 24.5 Å². The minimum atomic E-state index is -0.674. The Morgan fingerprint density at radius 2 is 1.85 bits per heavy atom. The predicted octanol–water partition coefficient (Wildman–Crippen LogP) is 2.79. The number of aryl methyl sites for hydroxylation is 1. The van der Waals surface area contributed by atoms with Gasteiger partial charge in [-0.05, 0) is 37.5 Å². The van der Waals surface area contributed by atoms with Crippen molar-refractivity contribution in [3.05, 3.63) is 40.5 Å². The van der Waals surface area contributed by atoms with E-state index in [0.717, 1.165) is 15.4 Å². The summed E-state index contributed by atoms with van der Waals surface area (Å²) in [4.78, 5) is 36.8. The molecular formula is C18H23N3O4S. The smallest absolute Gasteiger partial charge is 0.341 e. The number of nitrogens with zero attached hydrogens (tertiary/aromatic N) is 1. The van der Waals surface area contributed by atoms with Crippen molar-refractivity contribution in [2.24, 2.45) is 5.92 Å². The van der Waals surface area contributed by atoms with Crippen molar-refractivity contribution >= 4 is 29.2 Å². The largest absolute Gasteiger partial charge is 0.452 e. The van der Waals surface area contributed by atoms with Gasteiger partial charge in [-0.15, -0.1) is 11.3 Å². The van der Waals surface area contributed by atoms with Crippen LogP contribution >= 0.6 is 11.3 Å². The SMILES string of the molecule is Cc1sc(-n2cccc2)c(C(=O)OCC(=O)NC(=O)NCC(C)C)c1C. The van der Waals surface area contributed by atoms with Gasteiger partial charge in [-0.3, -0.25) is 10.1 Å². The number of hydrogen-bond donors (Lipinski definition) is 2. The highest BCUT2D eigenvalue weighted by Crippen LogP contribution is 2.31. The van der Waals surface area contributed by atoms with Gasteiger partial charge in [0.25, 0.3) is 5.91 Å². The Morgan fingerprint density at radius 1 is 1.19 bits per heavy atom. The Morgan fingerprint density at radius 3 is 2.46 bits per heavy atom. The Bertz CT molecular complexity index is 794. The molecule has 0 aliphatic heterocycles. The summed E-state index contributed by atoms with van der Waals surface area (Å²) >= 11 is 1.48. The molecule has 0 saturated carbocycles. The van der Waals surface area contributed by atoms with Crippen LogP contribution in [0.1, 0.15) is 34.6 Å². The van der Waals surface area contributed by atoms with Crippen molar-refractivity contribution in [3.8, 4) is 5.00 Å². The third-order valence-corrected chi connectivity index (χ3v) is 4.89. The maximum atomic E-state index is 12.5. The monoisotopic (exact) mass is 377 g/mol. The molecule has 7 nitrogen and oxygen atoms in total. The Labute approximate surface area is 156 Å². The molecule has 26 heavy (non-hydrogen) atoms. The molecule has 0 fully saturated rings. The molecule has 2 aromatic heterocycles. The summed E-state index contributed by atoms with van der Waals surface area (Å²) in [6, 6.07) is 3.13. The van der Waals surface area contributed by atoms with Gasteiger partial charge in [0.05, 0.1) is 5.56 Å². The van der Waals surface area contributed by atoms with E-state index in [1.54, 1.807) is 0 Å². The number of nitrogens with one attached hydrogen (secondary N) is 2. The molecule has 2 N–H and O–H groups in total. The summed E-state index contributed by atoms with van der Waals surface area (Å²) in [5.41, 5.74) is 1.25. The number of thiophene rings is 1. The van der Waals surface area contributed by atoms with Gasteiger partial charge in [-0.1, -0.05) is 13.8 Å². The van der Waals surface area contributed by atoms with E-state index in [-0.39, 0.29) is 5.92 Å². The van der Waals surface area contributed by atoms with E-state index < -0.39 is 24.5 Å². The fourth-order valence-electron chi connectivity index (χ4n) is 2.21. The zero-order chi connectivity index (χ0) is 19.3. The Kier molecular flexibility index (Phi) is 6.57. The van der Waals surface area contributed by atoms with E-state index in [4.69, 9.17) is 4.74 Å². The molecule has 2 rings (SSSR count). The Balaban J connectivity index is 1.98. The topological polar surface area (TPSA) is 89.4 Å². The van der Waals surface area contributed by atoms with Crippen molar-refractivity contribution in [1.82, 2.24) is 15.2 Å². The second kappa shape index (κ2) is 8.66. The standard InChI is InChI=1S/C18H23N3O4S/c1-11(2)9-19-18(24)20-14(22)10-25-17(23)15-12(3)13(4)26-16(15)21-7-5-6-8-21/h5-8,11H,9-10H2,1-4H3,(H2,19,20,22,24). The number of rotatable bonds is 6. The predicted molar refractivity (Wildman–Crippen MR) is 99.8 cm³/mol. The van der Waals surface area contributed by atoms with E-state index in [9.17, 15) is 14.4 Å². The quantitative estimate of drug-likeness (QED) is 0.758. The molecule has 0 radical (unpaired) electrons. The molecular weight excluding hydrogens is 354 g/mol. The third kappa shape index (κ3) is 4.95. The average molecular weight is 377 g/mol. The summed E-state index contributed by atoms with van der Waals surface area (Å²) in [7, 11) is 0. The lowest BCUT2D eigenvalue weighted by Gasteiger charge is -2.10. The molecule has 0 spiro atoms. The van der Waals surface area contributed by atoms with Gasteiger partial charge in [-0.2, -0.15) is 0 Å². The first kappa shape index (κ1) is 19.7. The molecule has 0 aromatic carbocycles. The first-order valence-electron chi connectivity index (χ1n) is 8.27. The van der Waals surface area contributed by atoms with Gasteiger partial charge in [0.15, 0.2) is 6.61 Å². The summed E-state index contributed by atoms with van der Waals surface area (Å²) in [6.45, 7) is 7.58. The second-order valence-corrected chi connectivity index (χ2v) is 7.49. The number of esters is 1. The second-order valence-electron chi connectivity index (χ2n) is 6.28. The van der Waals surface area contributed by atoms with Crippen LogP contribution in [0.3, 0.4) is 0 Å². The van der Waals surface area contributed by atoms with Crippen LogP contribution in [-0.2, 0) is 9.53 Å². The minimum Gasteiger partial charge on any atom is -0.452 e. The molecule has 140 valence electrons. The molecule has 0 atom stereocenters. The van der Waals surface area contributed by atoms with Crippen LogP contribution < -0.4 is 10.6 Å². The van der Waals surface area contributed by atoms with Crippen LogP contribution in [0.25, 0.3) is 5.00 Å². The summed E-state index contributed by atoms with van der Waals surface area (Å²) < 4.78 is 6.95. The molecule has 0 unspecified atom stereocenters. The maximum Gasteiger partial charge on any atom is 0.341 e. The first-order chi connectivity index (χ1) is 12.3. The number of carbonyl (C=O) groups is 3. The van der Waals surface area contributed by atoms with Crippen molar-refractivity contribution in [3.63, 3.8) is 0 Å². The van der Waals surface area contributed by atoms with Crippen LogP contribution in [0.4, 0.5) is 4.79 Å². The number of urea groups is 1. The lowest BCUT2D eigenvalue weighted by Crippen LogP contribution is -2.42. The first-order valence-corrected chi connectivity index (χ1v) is 9.09. The molecule has 2 heterocycles. The maximum absolute atomic E-state index is 12.5. The molecule has 3 amide bonds. The van der Waals surface area contributed by atoms with Crippen LogP contribution in [0.5, 0.6) is 0 Å². The van der Waals surface area contributed by atoms with E-state index in [0.29, 0.717) is 12.1 Å². The number of amides is 3. The van der Waals surface area contributed by atoms with Crippen molar-refractivity contribution in [2.45, 2.75) is 27.7 Å². The van der Waals surface area contributed by atoms with Gasteiger partial charge in [0, 0.05) is 23.8 Å². The van der Waals surface area contributed by atoms with Crippen molar-refractivity contribution in [2.75, 3.05) is 13.2 Å². The van der Waals surface area contributed by atoms with Crippen LogP contribution in [0.2, 0.25) is 0 Å². The molecule has 0 aliphatic carbocycles. The molecule has 2 aromatic rings. The van der Waals surface area contributed by atoms with Gasteiger partial charge >= 0.3 is 12.0 Å². The Hall–Kier alpha value is -2.61. The number of aromatic nitrogens is 1. The average Bonchev–Trinajstić information content (AvgIpc) is 3.20. The zero-order valence-corrected chi connectivity index (χ0v) is 16.1. The number of ether oxygens (including phenoxy) is 1. The van der Waals surface area contributed by atoms with Gasteiger partial charge < -0.3 is 14.6 Å². The van der Waals surface area contributed by atoms with E-state index in [1.807, 2.05) is 56.8 Å². The van der Waals surface area contributed by atoms with Crippen LogP contribution in [-0.4, -0.2) is 35.6 Å². The zero-order valence-electron chi connectivity index (χ0n) is 15.3. The highest BCUT2D eigenvalue weighted by molar-refractivity contribution is 7.15. The van der Waals surface area contributed by atoms with Gasteiger partial charge in [0.2, 0.25) is 0 Å². The summed E-state index contributed by atoms with van der Waals surface area (Å²) in [5.74, 6) is -0.995. The third-order valence-electron chi connectivity index (χ3n) is 3.67. The minimum absolute atomic E-state index is 0.269. The van der Waals surface area contributed by atoms with E-state index >= 15 is 0 Å². The van der Waals surface area contributed by atoms with Crippen LogP contribution in [0, 0.1) is 19.8 Å². The molecule has 0 bridgehead atoms. The number of carbonyl (C=O) groups excluding carboxylic acids is 3. The molecule has 8 heteroatoms. The summed E-state index contributed by atoms with van der Waals surface area (Å²) in [6.07, 6.45) is 3.68. The normalized spacial score (nSPS) is 10.7. The van der Waals surface area contributed by atoms with Crippen molar-refractivity contribution < 1.29 is 19.1 Å². The highest BCUT2D eigenvalue weighted by atomic mass is 32.1. The van der Waals surface area contributed by atoms with E-state index in [2.05, 4.69) is 10.6 Å². The van der Waals surface area contributed by atoms with Gasteiger partial charge in [-0.25, -0.2) is 9.59 Å². The number of hydrogen-bond acceptors (Lipinski definition) is 5. The summed E-state index contributed by atoms with van der Waals surface area (Å²) in [5, 5.41) is 5.44. The highest BCUT2D eigenvalue weighted by Gasteiger charge is 2.22. The lowest BCUT2D eigenvalue weighted by molar-refractivity contribution is -0.123. The molecule has 0 saturated heterocycles. The van der Waals surface area contributed by atoms with Gasteiger partial charge in [0.1, 0.15) is 5.00 Å². The lowest BCUT2D eigenvalue weighted by atomic mass is 10.1. The molecule has 0 aliphatic rings. The van der Waals surface area contributed by atoms with E-state index in [1.165, 1.54) is 11.3 Å². The fraction of sp³-hybridized carbons (Fsp3) is 0.389. The van der Waals surface area contributed by atoms with Crippen molar-refractivity contribution in [1.29, 1.82) is 0 Å². The number of imide groups is 1. The fourth-order valence-corrected chi connectivity index (χ4v) is 3.32.